The number of esters is 2. The van der Waals surface area contributed by atoms with Crippen molar-refractivity contribution in [3.8, 4) is 0 Å². The Labute approximate surface area is 354 Å². The molecule has 1 N–H and O–H groups in total. The number of carbonyl (C=O) groups is 3. The molecule has 0 aliphatic carbocycles. The number of unbranched alkanes of at least 4 members (excludes halogenated alkanes) is 28. The predicted octanol–water partition coefficient (Wildman–Crippen LogP) is 14.7. The molecule has 0 heterocycles. The highest BCUT2D eigenvalue weighted by atomic mass is 16.6. The second-order valence-electron chi connectivity index (χ2n) is 18.0. The quantitative estimate of drug-likeness (QED) is 0.0487. The summed E-state index contributed by atoms with van der Waals surface area (Å²) in [4.78, 5) is 38.8. The molecule has 7 nitrogen and oxygen atoms in total. The number of hydrogen-bond acceptors (Lipinski definition) is 6. The van der Waals surface area contributed by atoms with E-state index < -0.39 is 12.0 Å². The first-order chi connectivity index (χ1) is 27.7. The van der Waals surface area contributed by atoms with Gasteiger partial charge in [-0.05, 0) is 38.5 Å². The Morgan fingerprint density at radius 2 is 0.895 bits per heavy atom. The van der Waals surface area contributed by atoms with Crippen LogP contribution >= 0.6 is 0 Å². The fourth-order valence-electron chi connectivity index (χ4n) is 7.34. The molecule has 0 aliphatic rings. The van der Waals surface area contributed by atoms with E-state index in [1.165, 1.54) is 154 Å². The van der Waals surface area contributed by atoms with E-state index in [1.807, 2.05) is 0 Å². The highest BCUT2D eigenvalue weighted by Crippen LogP contribution is 2.21. The molecule has 0 radical (unpaired) electrons. The van der Waals surface area contributed by atoms with Gasteiger partial charge in [-0.2, -0.15) is 0 Å². The molecule has 2 unspecified atom stereocenters. The number of hydrogen-bond donors (Lipinski definition) is 1. The summed E-state index contributed by atoms with van der Waals surface area (Å²) in [6.45, 7) is 13.7. The van der Waals surface area contributed by atoms with Crippen LogP contribution in [0.4, 0.5) is 0 Å². The minimum absolute atomic E-state index is 0.184. The zero-order chi connectivity index (χ0) is 42.1. The molecule has 7 heteroatoms. The van der Waals surface area contributed by atoms with E-state index in [0.29, 0.717) is 31.8 Å². The SMILES string of the molecule is CCCCCCCCCCCCCCCCCC(=O)NC(COC(=O)CCCCCCCCCCCCCCCCC)C(=O)OCCC(C)(CC)OCCC(C)C. The molecule has 0 aromatic carbocycles. The van der Waals surface area contributed by atoms with E-state index in [4.69, 9.17) is 14.2 Å². The van der Waals surface area contributed by atoms with Crippen molar-refractivity contribution in [3.05, 3.63) is 0 Å². The molecule has 0 bridgehead atoms. The van der Waals surface area contributed by atoms with Gasteiger partial charge < -0.3 is 19.5 Å². The minimum Gasteiger partial charge on any atom is -0.464 e. The Morgan fingerprint density at radius 3 is 1.28 bits per heavy atom. The summed E-state index contributed by atoms with van der Waals surface area (Å²) in [6, 6.07) is -1.01. The lowest BCUT2D eigenvalue weighted by Crippen LogP contribution is -2.45. The summed E-state index contributed by atoms with van der Waals surface area (Å²) >= 11 is 0. The Kier molecular flexibility index (Phi) is 39.9. The van der Waals surface area contributed by atoms with Crippen molar-refractivity contribution in [1.82, 2.24) is 5.32 Å². The van der Waals surface area contributed by atoms with Crippen molar-refractivity contribution in [2.24, 2.45) is 5.92 Å². The Bertz CT molecular complexity index is 909. The minimum atomic E-state index is -1.01. The van der Waals surface area contributed by atoms with E-state index in [1.54, 1.807) is 0 Å². The summed E-state index contributed by atoms with van der Waals surface area (Å²) in [6.07, 6.45) is 41.1. The van der Waals surface area contributed by atoms with E-state index in [0.717, 1.165) is 51.4 Å². The second-order valence-corrected chi connectivity index (χ2v) is 18.0. The van der Waals surface area contributed by atoms with Gasteiger partial charge in [0.1, 0.15) is 6.61 Å². The van der Waals surface area contributed by atoms with Crippen LogP contribution in [-0.4, -0.2) is 49.3 Å². The summed E-state index contributed by atoms with van der Waals surface area (Å²) < 4.78 is 17.4. The van der Waals surface area contributed by atoms with Crippen LogP contribution in [0.2, 0.25) is 0 Å². The van der Waals surface area contributed by atoms with Crippen molar-refractivity contribution >= 4 is 17.8 Å². The fourth-order valence-corrected chi connectivity index (χ4v) is 7.34. The van der Waals surface area contributed by atoms with Gasteiger partial charge in [0.15, 0.2) is 6.04 Å². The fraction of sp³-hybridized carbons (Fsp3) is 0.940. The van der Waals surface area contributed by atoms with Gasteiger partial charge in [0.25, 0.3) is 0 Å². The lowest BCUT2D eigenvalue weighted by molar-refractivity contribution is -0.155. The number of ether oxygens (including phenoxy) is 3. The van der Waals surface area contributed by atoms with E-state index in [2.05, 4.69) is 46.9 Å². The van der Waals surface area contributed by atoms with Gasteiger partial charge in [-0.15, -0.1) is 0 Å². The molecular formula is C50H97NO6. The van der Waals surface area contributed by atoms with Gasteiger partial charge in [0, 0.05) is 25.9 Å². The van der Waals surface area contributed by atoms with Gasteiger partial charge in [0.05, 0.1) is 12.2 Å². The molecule has 338 valence electrons. The number of amides is 1. The molecule has 2 atom stereocenters. The van der Waals surface area contributed by atoms with Gasteiger partial charge in [-0.25, -0.2) is 4.79 Å². The summed E-state index contributed by atoms with van der Waals surface area (Å²) in [5.41, 5.74) is -0.388. The number of rotatable bonds is 44. The molecule has 0 saturated carbocycles. The lowest BCUT2D eigenvalue weighted by Gasteiger charge is -2.29. The van der Waals surface area contributed by atoms with E-state index in [9.17, 15) is 14.4 Å². The third kappa shape index (κ3) is 38.3. The first-order valence-corrected chi connectivity index (χ1v) is 24.9. The van der Waals surface area contributed by atoms with Crippen LogP contribution in [0.25, 0.3) is 0 Å². The maximum atomic E-state index is 13.2. The second kappa shape index (κ2) is 41.1. The summed E-state index contributed by atoms with van der Waals surface area (Å²) in [5.74, 6) is -0.512. The highest BCUT2D eigenvalue weighted by molar-refractivity contribution is 5.84. The lowest BCUT2D eigenvalue weighted by atomic mass is 9.99. The van der Waals surface area contributed by atoms with Crippen LogP contribution in [0.1, 0.15) is 266 Å². The molecule has 1 amide bonds. The molecule has 0 fully saturated rings. The van der Waals surface area contributed by atoms with Crippen molar-refractivity contribution < 1.29 is 28.6 Å². The summed E-state index contributed by atoms with van der Waals surface area (Å²) in [7, 11) is 0. The van der Waals surface area contributed by atoms with Gasteiger partial charge in [0.2, 0.25) is 5.91 Å². The van der Waals surface area contributed by atoms with Crippen LogP contribution in [0.15, 0.2) is 0 Å². The van der Waals surface area contributed by atoms with Crippen molar-refractivity contribution in [1.29, 1.82) is 0 Å². The molecule has 0 aliphatic heterocycles. The Hall–Kier alpha value is -1.63. The molecular weight excluding hydrogens is 711 g/mol. The molecule has 0 aromatic heterocycles. The zero-order valence-electron chi connectivity index (χ0n) is 39.0. The maximum absolute atomic E-state index is 13.2. The smallest absolute Gasteiger partial charge is 0.332 e. The standard InChI is InChI=1S/C50H97NO6/c1-7-10-12-14-16-18-20-22-24-26-28-30-32-34-36-38-47(52)51-46(49(54)55-43-41-50(6,9-3)57-42-40-45(4)5)44-56-48(53)39-37-35-33-31-29-27-25-23-21-19-17-15-13-11-8-2/h45-46H,7-44H2,1-6H3,(H,51,52). The number of carbonyl (C=O) groups excluding carboxylic acids is 3. The molecule has 0 saturated heterocycles. The third-order valence-corrected chi connectivity index (χ3v) is 11.8. The van der Waals surface area contributed by atoms with Gasteiger partial charge in [-0.3, -0.25) is 9.59 Å². The third-order valence-electron chi connectivity index (χ3n) is 11.8. The number of nitrogens with one attached hydrogen (secondary N) is 1. The Balaban J connectivity index is 4.48. The summed E-state index contributed by atoms with van der Waals surface area (Å²) in [5, 5.41) is 2.83. The van der Waals surface area contributed by atoms with Gasteiger partial charge in [-0.1, -0.05) is 214 Å². The van der Waals surface area contributed by atoms with Crippen LogP contribution < -0.4 is 5.32 Å². The van der Waals surface area contributed by atoms with Crippen molar-refractivity contribution in [2.75, 3.05) is 19.8 Å². The average Bonchev–Trinajstić information content (AvgIpc) is 3.19. The molecule has 0 aromatic rings. The predicted molar refractivity (Wildman–Crippen MR) is 242 cm³/mol. The Morgan fingerprint density at radius 1 is 0.509 bits per heavy atom. The normalized spacial score (nSPS) is 13.1. The zero-order valence-corrected chi connectivity index (χ0v) is 39.0. The van der Waals surface area contributed by atoms with Crippen LogP contribution in [0.3, 0.4) is 0 Å². The van der Waals surface area contributed by atoms with E-state index in [-0.39, 0.29) is 30.7 Å². The van der Waals surface area contributed by atoms with Crippen LogP contribution in [0, 0.1) is 5.92 Å². The first kappa shape index (κ1) is 55.4. The average molecular weight is 808 g/mol. The van der Waals surface area contributed by atoms with Crippen molar-refractivity contribution in [2.45, 2.75) is 278 Å². The monoisotopic (exact) mass is 808 g/mol. The van der Waals surface area contributed by atoms with Crippen molar-refractivity contribution in [3.63, 3.8) is 0 Å². The highest BCUT2D eigenvalue weighted by Gasteiger charge is 2.27. The molecule has 57 heavy (non-hydrogen) atoms. The van der Waals surface area contributed by atoms with Crippen LogP contribution in [-0.2, 0) is 28.6 Å². The molecule has 0 rings (SSSR count). The van der Waals surface area contributed by atoms with Crippen LogP contribution in [0.5, 0.6) is 0 Å². The maximum Gasteiger partial charge on any atom is 0.332 e. The largest absolute Gasteiger partial charge is 0.464 e. The first-order valence-electron chi connectivity index (χ1n) is 24.9. The van der Waals surface area contributed by atoms with E-state index >= 15 is 0 Å². The molecule has 0 spiro atoms. The topological polar surface area (TPSA) is 90.9 Å². The van der Waals surface area contributed by atoms with Gasteiger partial charge >= 0.3 is 11.9 Å².